The first-order valence-corrected chi connectivity index (χ1v) is 7.16. The van der Waals surface area contributed by atoms with Gasteiger partial charge in [0.2, 0.25) is 0 Å². The molecular weight excluding hydrogens is 284 g/mol. The Labute approximate surface area is 128 Å². The van der Waals surface area contributed by atoms with Crippen LogP contribution in [-0.2, 0) is 4.74 Å². The second-order valence-electron chi connectivity index (χ2n) is 4.54. The molecule has 116 valence electrons. The van der Waals surface area contributed by atoms with Crippen LogP contribution < -0.4 is 10.3 Å². The zero-order chi connectivity index (χ0) is 15.9. The van der Waals surface area contributed by atoms with E-state index < -0.39 is 11.5 Å². The molecule has 1 heterocycles. The van der Waals surface area contributed by atoms with Crippen molar-refractivity contribution in [2.75, 3.05) is 13.2 Å². The molecule has 0 spiro atoms. The van der Waals surface area contributed by atoms with Crippen molar-refractivity contribution in [2.24, 2.45) is 0 Å². The van der Waals surface area contributed by atoms with Crippen molar-refractivity contribution in [1.29, 1.82) is 0 Å². The summed E-state index contributed by atoms with van der Waals surface area (Å²) in [6.07, 6.45) is 2.10. The van der Waals surface area contributed by atoms with E-state index in [9.17, 15) is 9.59 Å². The second-order valence-corrected chi connectivity index (χ2v) is 4.54. The number of carbonyl (C=O) groups excluding carboxylic acids is 1. The normalized spacial score (nSPS) is 10.3. The van der Waals surface area contributed by atoms with E-state index in [2.05, 4.69) is 9.97 Å². The quantitative estimate of drug-likeness (QED) is 0.829. The van der Waals surface area contributed by atoms with E-state index >= 15 is 0 Å². The van der Waals surface area contributed by atoms with Gasteiger partial charge in [0.05, 0.1) is 18.8 Å². The van der Waals surface area contributed by atoms with E-state index in [-0.39, 0.29) is 12.2 Å². The van der Waals surface area contributed by atoms with Crippen LogP contribution in [0.4, 0.5) is 0 Å². The summed E-state index contributed by atoms with van der Waals surface area (Å²) in [4.78, 5) is 30.4. The van der Waals surface area contributed by atoms with E-state index in [0.29, 0.717) is 23.7 Å². The van der Waals surface area contributed by atoms with Gasteiger partial charge in [0.15, 0.2) is 0 Å². The number of hydrogen-bond acceptors (Lipinski definition) is 5. The monoisotopic (exact) mass is 302 g/mol. The van der Waals surface area contributed by atoms with Gasteiger partial charge in [0.25, 0.3) is 5.56 Å². The van der Waals surface area contributed by atoms with Gasteiger partial charge >= 0.3 is 5.97 Å². The van der Waals surface area contributed by atoms with Gasteiger partial charge in [-0.1, -0.05) is 19.1 Å². The summed E-state index contributed by atoms with van der Waals surface area (Å²) in [5.41, 5.74) is 0.0229. The van der Waals surface area contributed by atoms with Crippen molar-refractivity contribution in [3.05, 3.63) is 46.4 Å². The standard InChI is InChI=1S/C16H18N2O4/c1-3-9-22-13-8-6-5-7-11(13)14-17-10-12(15(19)18-14)16(20)21-4-2/h5-8,10H,3-4,9H2,1-2H3,(H,17,18,19). The molecule has 22 heavy (non-hydrogen) atoms. The van der Waals surface area contributed by atoms with Gasteiger partial charge in [-0.15, -0.1) is 0 Å². The molecule has 0 radical (unpaired) electrons. The van der Waals surface area contributed by atoms with Gasteiger partial charge in [-0.25, -0.2) is 9.78 Å². The Kier molecular flexibility index (Phi) is 5.30. The highest BCUT2D eigenvalue weighted by molar-refractivity contribution is 5.88. The molecule has 1 N–H and O–H groups in total. The Morgan fingerprint density at radius 3 is 2.73 bits per heavy atom. The Hall–Kier alpha value is -2.63. The molecule has 0 saturated heterocycles. The van der Waals surface area contributed by atoms with Crippen molar-refractivity contribution < 1.29 is 14.3 Å². The summed E-state index contributed by atoms with van der Waals surface area (Å²) >= 11 is 0. The third-order valence-corrected chi connectivity index (χ3v) is 2.90. The number of aromatic nitrogens is 2. The van der Waals surface area contributed by atoms with Crippen LogP contribution in [0.1, 0.15) is 30.6 Å². The van der Waals surface area contributed by atoms with Gasteiger partial charge in [0, 0.05) is 6.20 Å². The number of nitrogens with zero attached hydrogens (tertiary/aromatic N) is 1. The molecule has 0 aliphatic heterocycles. The minimum atomic E-state index is -0.682. The molecule has 2 rings (SSSR count). The molecule has 0 atom stereocenters. The fourth-order valence-electron chi connectivity index (χ4n) is 1.89. The molecular formula is C16H18N2O4. The Bertz CT molecular complexity index is 709. The molecule has 2 aromatic rings. The Morgan fingerprint density at radius 2 is 2.05 bits per heavy atom. The SMILES string of the molecule is CCCOc1ccccc1-c1ncc(C(=O)OCC)c(=O)[nH]1. The van der Waals surface area contributed by atoms with Gasteiger partial charge in [-0.2, -0.15) is 0 Å². The lowest BCUT2D eigenvalue weighted by molar-refractivity contribution is 0.0524. The number of para-hydroxylation sites is 1. The second kappa shape index (κ2) is 7.40. The zero-order valence-electron chi connectivity index (χ0n) is 12.6. The van der Waals surface area contributed by atoms with Gasteiger partial charge in [-0.05, 0) is 25.5 Å². The van der Waals surface area contributed by atoms with Crippen LogP contribution in [0.15, 0.2) is 35.3 Å². The highest BCUT2D eigenvalue weighted by atomic mass is 16.5. The van der Waals surface area contributed by atoms with Crippen LogP contribution in [0, 0.1) is 0 Å². The van der Waals surface area contributed by atoms with Gasteiger partial charge in [-0.3, -0.25) is 4.79 Å². The number of rotatable bonds is 6. The van der Waals surface area contributed by atoms with Crippen molar-refractivity contribution in [3.63, 3.8) is 0 Å². The number of hydrogen-bond donors (Lipinski definition) is 1. The number of H-pyrrole nitrogens is 1. The zero-order valence-corrected chi connectivity index (χ0v) is 12.6. The van der Waals surface area contributed by atoms with Gasteiger partial charge < -0.3 is 14.5 Å². The average molecular weight is 302 g/mol. The van der Waals surface area contributed by atoms with Crippen LogP contribution >= 0.6 is 0 Å². The fourth-order valence-corrected chi connectivity index (χ4v) is 1.89. The number of benzene rings is 1. The van der Waals surface area contributed by atoms with Crippen LogP contribution in [0.2, 0.25) is 0 Å². The predicted octanol–water partition coefficient (Wildman–Crippen LogP) is 2.40. The molecule has 6 heteroatoms. The van der Waals surface area contributed by atoms with Gasteiger partial charge in [0.1, 0.15) is 17.1 Å². The van der Waals surface area contributed by atoms with E-state index in [1.54, 1.807) is 13.0 Å². The first-order valence-electron chi connectivity index (χ1n) is 7.16. The average Bonchev–Trinajstić information content (AvgIpc) is 2.53. The third kappa shape index (κ3) is 3.52. The molecule has 0 bridgehead atoms. The summed E-state index contributed by atoms with van der Waals surface area (Å²) in [6.45, 7) is 4.46. The number of aromatic amines is 1. The highest BCUT2D eigenvalue weighted by Crippen LogP contribution is 2.26. The van der Waals surface area contributed by atoms with Crippen LogP contribution in [0.25, 0.3) is 11.4 Å². The highest BCUT2D eigenvalue weighted by Gasteiger charge is 2.15. The summed E-state index contributed by atoms with van der Waals surface area (Å²) in [5, 5.41) is 0. The number of esters is 1. The molecule has 1 aromatic carbocycles. The summed E-state index contributed by atoms with van der Waals surface area (Å²) in [7, 11) is 0. The van der Waals surface area contributed by atoms with Crippen LogP contribution in [-0.4, -0.2) is 29.2 Å². The van der Waals surface area contributed by atoms with Crippen molar-refractivity contribution in [2.45, 2.75) is 20.3 Å². The van der Waals surface area contributed by atoms with E-state index in [0.717, 1.165) is 6.42 Å². The molecule has 0 aliphatic carbocycles. The molecule has 0 unspecified atom stereocenters. The first kappa shape index (κ1) is 15.8. The largest absolute Gasteiger partial charge is 0.493 e. The topological polar surface area (TPSA) is 81.3 Å². The maximum atomic E-state index is 12.0. The van der Waals surface area contributed by atoms with Crippen molar-refractivity contribution in [1.82, 2.24) is 9.97 Å². The van der Waals surface area contributed by atoms with Crippen molar-refractivity contribution in [3.8, 4) is 17.1 Å². The molecule has 0 fully saturated rings. The lowest BCUT2D eigenvalue weighted by atomic mass is 10.2. The Morgan fingerprint density at radius 1 is 1.27 bits per heavy atom. The van der Waals surface area contributed by atoms with Crippen molar-refractivity contribution >= 4 is 5.97 Å². The van der Waals surface area contributed by atoms with E-state index in [1.165, 1.54) is 6.20 Å². The number of ether oxygens (including phenoxy) is 2. The summed E-state index contributed by atoms with van der Waals surface area (Å²) < 4.78 is 10.5. The first-order chi connectivity index (χ1) is 10.7. The molecule has 0 amide bonds. The van der Waals surface area contributed by atoms with E-state index in [4.69, 9.17) is 9.47 Å². The molecule has 0 saturated carbocycles. The minimum absolute atomic E-state index is 0.113. The van der Waals surface area contributed by atoms with Crippen LogP contribution in [0.3, 0.4) is 0 Å². The smallest absolute Gasteiger partial charge is 0.345 e. The molecule has 1 aromatic heterocycles. The maximum absolute atomic E-state index is 12.0. The maximum Gasteiger partial charge on any atom is 0.345 e. The third-order valence-electron chi connectivity index (χ3n) is 2.90. The summed E-state index contributed by atoms with van der Waals surface area (Å²) in [5.74, 6) is 0.305. The van der Waals surface area contributed by atoms with E-state index in [1.807, 2.05) is 25.1 Å². The summed E-state index contributed by atoms with van der Waals surface area (Å²) in [6, 6.07) is 7.28. The lowest BCUT2D eigenvalue weighted by Gasteiger charge is -2.10. The van der Waals surface area contributed by atoms with Crippen LogP contribution in [0.5, 0.6) is 5.75 Å². The lowest BCUT2D eigenvalue weighted by Crippen LogP contribution is -2.21. The number of carbonyl (C=O) groups is 1. The molecule has 6 nitrogen and oxygen atoms in total. The Balaban J connectivity index is 2.36. The number of nitrogens with one attached hydrogen (secondary N) is 1. The molecule has 0 aliphatic rings. The predicted molar refractivity (Wildman–Crippen MR) is 82.0 cm³/mol. The fraction of sp³-hybridized carbons (Fsp3) is 0.312. The minimum Gasteiger partial charge on any atom is -0.493 e.